The van der Waals surface area contributed by atoms with Gasteiger partial charge in [0.1, 0.15) is 5.82 Å². The van der Waals surface area contributed by atoms with Crippen molar-refractivity contribution in [2.75, 3.05) is 5.32 Å². The summed E-state index contributed by atoms with van der Waals surface area (Å²) in [6, 6.07) is 4.09. The average Bonchev–Trinajstić information content (AvgIpc) is 2.42. The molecule has 0 aliphatic heterocycles. The molecular formula is C15H21N3O. The Morgan fingerprint density at radius 2 is 2.21 bits per heavy atom. The molecule has 1 aromatic heterocycles. The Bertz CT molecular complexity index is 450. The molecule has 4 nitrogen and oxygen atoms in total. The number of aromatic nitrogens is 1. The lowest BCUT2D eigenvalue weighted by Crippen LogP contribution is -2.32. The van der Waals surface area contributed by atoms with Gasteiger partial charge in [-0.1, -0.05) is 12.1 Å². The number of hydrogen-bond acceptors (Lipinski definition) is 3. The Hall–Kier alpha value is -1.68. The molecular weight excluding hydrogens is 238 g/mol. The molecule has 0 unspecified atom stereocenters. The SMILES string of the molecule is C=CCc1cccnc1NC(=O)C1CCC(N)CC1. The number of carbonyl (C=O) groups is 1. The average molecular weight is 259 g/mol. The van der Waals surface area contributed by atoms with Gasteiger partial charge in [0.2, 0.25) is 5.91 Å². The number of nitrogens with zero attached hydrogens (tertiary/aromatic N) is 1. The van der Waals surface area contributed by atoms with Crippen LogP contribution in [0.4, 0.5) is 5.82 Å². The van der Waals surface area contributed by atoms with Gasteiger partial charge in [0, 0.05) is 18.2 Å². The molecule has 0 spiro atoms. The minimum Gasteiger partial charge on any atom is -0.328 e. The van der Waals surface area contributed by atoms with Crippen LogP contribution >= 0.6 is 0 Å². The zero-order chi connectivity index (χ0) is 13.7. The van der Waals surface area contributed by atoms with E-state index in [0.717, 1.165) is 31.2 Å². The van der Waals surface area contributed by atoms with Crippen molar-refractivity contribution in [3.63, 3.8) is 0 Å². The molecule has 2 rings (SSSR count). The summed E-state index contributed by atoms with van der Waals surface area (Å²) in [4.78, 5) is 16.5. The maximum Gasteiger partial charge on any atom is 0.228 e. The second kappa shape index (κ2) is 6.48. The minimum absolute atomic E-state index is 0.0657. The third-order valence-electron chi connectivity index (χ3n) is 3.64. The van der Waals surface area contributed by atoms with Crippen molar-refractivity contribution >= 4 is 11.7 Å². The Morgan fingerprint density at radius 3 is 2.89 bits per heavy atom. The van der Waals surface area contributed by atoms with E-state index in [1.54, 1.807) is 6.20 Å². The molecule has 3 N–H and O–H groups in total. The molecule has 1 aliphatic rings. The third-order valence-corrected chi connectivity index (χ3v) is 3.64. The highest BCUT2D eigenvalue weighted by Crippen LogP contribution is 2.24. The first-order valence-electron chi connectivity index (χ1n) is 6.82. The largest absolute Gasteiger partial charge is 0.328 e. The van der Waals surface area contributed by atoms with E-state index in [0.29, 0.717) is 12.2 Å². The van der Waals surface area contributed by atoms with Crippen LogP contribution < -0.4 is 11.1 Å². The highest BCUT2D eigenvalue weighted by molar-refractivity contribution is 5.92. The molecule has 102 valence electrons. The first-order chi connectivity index (χ1) is 9.20. The first kappa shape index (κ1) is 13.7. The fourth-order valence-electron chi connectivity index (χ4n) is 2.47. The maximum absolute atomic E-state index is 12.2. The molecule has 4 heteroatoms. The van der Waals surface area contributed by atoms with Crippen molar-refractivity contribution in [3.05, 3.63) is 36.5 Å². The van der Waals surface area contributed by atoms with Gasteiger partial charge in [-0.05, 0) is 43.7 Å². The van der Waals surface area contributed by atoms with Crippen LogP contribution in [0, 0.1) is 5.92 Å². The molecule has 0 saturated heterocycles. The monoisotopic (exact) mass is 259 g/mol. The molecule has 0 radical (unpaired) electrons. The number of nitrogens with two attached hydrogens (primary N) is 1. The maximum atomic E-state index is 12.2. The highest BCUT2D eigenvalue weighted by Gasteiger charge is 2.25. The van der Waals surface area contributed by atoms with E-state index in [1.165, 1.54) is 0 Å². The lowest BCUT2D eigenvalue weighted by molar-refractivity contribution is -0.120. The molecule has 1 saturated carbocycles. The Labute approximate surface area is 114 Å². The van der Waals surface area contributed by atoms with Gasteiger partial charge in [-0.25, -0.2) is 4.98 Å². The first-order valence-corrected chi connectivity index (χ1v) is 6.82. The van der Waals surface area contributed by atoms with Gasteiger partial charge in [-0.2, -0.15) is 0 Å². The lowest BCUT2D eigenvalue weighted by Gasteiger charge is -2.25. The van der Waals surface area contributed by atoms with Crippen molar-refractivity contribution in [2.24, 2.45) is 11.7 Å². The number of pyridine rings is 1. The van der Waals surface area contributed by atoms with Crippen LogP contribution in [-0.2, 0) is 11.2 Å². The van der Waals surface area contributed by atoms with E-state index < -0.39 is 0 Å². The highest BCUT2D eigenvalue weighted by atomic mass is 16.1. The lowest BCUT2D eigenvalue weighted by atomic mass is 9.86. The van der Waals surface area contributed by atoms with Gasteiger partial charge < -0.3 is 11.1 Å². The summed E-state index contributed by atoms with van der Waals surface area (Å²) in [6.07, 6.45) is 7.82. The van der Waals surface area contributed by atoms with Crippen molar-refractivity contribution < 1.29 is 4.79 Å². The van der Waals surface area contributed by atoms with E-state index in [2.05, 4.69) is 16.9 Å². The topological polar surface area (TPSA) is 68.0 Å². The number of nitrogens with one attached hydrogen (secondary N) is 1. The van der Waals surface area contributed by atoms with Crippen LogP contribution in [0.3, 0.4) is 0 Å². The number of allylic oxidation sites excluding steroid dienone is 1. The van der Waals surface area contributed by atoms with E-state index in [9.17, 15) is 4.79 Å². The van der Waals surface area contributed by atoms with Gasteiger partial charge in [0.25, 0.3) is 0 Å². The summed E-state index contributed by atoms with van der Waals surface area (Å²) in [5.74, 6) is 0.788. The number of rotatable bonds is 4. The van der Waals surface area contributed by atoms with Gasteiger partial charge in [-0.15, -0.1) is 6.58 Å². The quantitative estimate of drug-likeness (QED) is 0.815. The van der Waals surface area contributed by atoms with Crippen LogP contribution in [0.25, 0.3) is 0 Å². The van der Waals surface area contributed by atoms with Crippen molar-refractivity contribution in [2.45, 2.75) is 38.1 Å². The minimum atomic E-state index is 0.0657. The predicted molar refractivity (Wildman–Crippen MR) is 76.7 cm³/mol. The van der Waals surface area contributed by atoms with Crippen LogP contribution in [0.5, 0.6) is 0 Å². The Morgan fingerprint density at radius 1 is 1.47 bits per heavy atom. The fraction of sp³-hybridized carbons (Fsp3) is 0.467. The molecule has 0 aromatic carbocycles. The Kier molecular flexibility index (Phi) is 4.68. The van der Waals surface area contributed by atoms with Crippen molar-refractivity contribution in [1.29, 1.82) is 0 Å². The van der Waals surface area contributed by atoms with E-state index in [4.69, 9.17) is 5.73 Å². The second-order valence-corrected chi connectivity index (χ2v) is 5.10. The number of hydrogen-bond donors (Lipinski definition) is 2. The molecule has 0 bridgehead atoms. The summed E-state index contributed by atoms with van der Waals surface area (Å²) >= 11 is 0. The van der Waals surface area contributed by atoms with Crippen LogP contribution in [-0.4, -0.2) is 16.9 Å². The summed E-state index contributed by atoms with van der Waals surface area (Å²) in [6.45, 7) is 3.72. The van der Waals surface area contributed by atoms with Gasteiger partial charge >= 0.3 is 0 Å². The predicted octanol–water partition coefficient (Wildman–Crippen LogP) is 2.27. The number of anilines is 1. The molecule has 0 atom stereocenters. The molecule has 19 heavy (non-hydrogen) atoms. The summed E-state index contributed by atoms with van der Waals surface area (Å²) < 4.78 is 0. The van der Waals surface area contributed by atoms with Gasteiger partial charge in [-0.3, -0.25) is 4.79 Å². The standard InChI is InChI=1S/C15H21N3O/c1-2-4-11-5-3-10-17-14(11)18-15(19)12-6-8-13(16)9-7-12/h2-3,5,10,12-13H,1,4,6-9,16H2,(H,17,18,19). The van der Waals surface area contributed by atoms with Crippen molar-refractivity contribution in [1.82, 2.24) is 4.98 Å². The number of carbonyl (C=O) groups excluding carboxylic acids is 1. The van der Waals surface area contributed by atoms with E-state index >= 15 is 0 Å². The van der Waals surface area contributed by atoms with Crippen LogP contribution in [0.1, 0.15) is 31.2 Å². The smallest absolute Gasteiger partial charge is 0.228 e. The second-order valence-electron chi connectivity index (χ2n) is 5.10. The fourth-order valence-corrected chi connectivity index (χ4v) is 2.47. The summed E-state index contributed by atoms with van der Waals surface area (Å²) in [5, 5.41) is 2.94. The zero-order valence-electron chi connectivity index (χ0n) is 11.1. The molecule has 1 amide bonds. The van der Waals surface area contributed by atoms with Gasteiger partial charge in [0.05, 0.1) is 0 Å². The van der Waals surface area contributed by atoms with Crippen LogP contribution in [0.2, 0.25) is 0 Å². The van der Waals surface area contributed by atoms with Gasteiger partial charge in [0.15, 0.2) is 0 Å². The van der Waals surface area contributed by atoms with Crippen molar-refractivity contribution in [3.8, 4) is 0 Å². The molecule has 1 heterocycles. The Balaban J connectivity index is 2.00. The number of amides is 1. The molecule has 1 fully saturated rings. The van der Waals surface area contributed by atoms with E-state index in [1.807, 2.05) is 18.2 Å². The summed E-state index contributed by atoms with van der Waals surface area (Å²) in [5.41, 5.74) is 6.86. The molecule has 1 aromatic rings. The normalized spacial score (nSPS) is 22.8. The van der Waals surface area contributed by atoms with E-state index in [-0.39, 0.29) is 17.9 Å². The van der Waals surface area contributed by atoms with Crippen LogP contribution in [0.15, 0.2) is 31.0 Å². The molecule has 1 aliphatic carbocycles. The third kappa shape index (κ3) is 3.64. The summed E-state index contributed by atoms with van der Waals surface area (Å²) in [7, 11) is 0. The zero-order valence-corrected chi connectivity index (χ0v) is 11.1.